The van der Waals surface area contributed by atoms with Crippen molar-refractivity contribution in [2.24, 2.45) is 0 Å². The Kier molecular flexibility index (Phi) is 5.95. The van der Waals surface area contributed by atoms with Gasteiger partial charge in [-0.05, 0) is 30.7 Å². The number of nitro benzene ring substituents is 1. The molecule has 0 spiro atoms. The molecule has 29 heavy (non-hydrogen) atoms. The summed E-state index contributed by atoms with van der Waals surface area (Å²) in [4.78, 5) is 27.2. The zero-order valence-electron chi connectivity index (χ0n) is 15.6. The molecule has 146 valence electrons. The van der Waals surface area contributed by atoms with Crippen molar-refractivity contribution in [3.63, 3.8) is 0 Å². The Balaban J connectivity index is 1.76. The van der Waals surface area contributed by atoms with E-state index in [0.29, 0.717) is 16.3 Å². The van der Waals surface area contributed by atoms with E-state index in [1.54, 1.807) is 6.07 Å². The van der Waals surface area contributed by atoms with Crippen molar-refractivity contribution in [3.8, 4) is 11.8 Å². The smallest absolute Gasteiger partial charge is 0.273 e. The Morgan fingerprint density at radius 3 is 2.79 bits per heavy atom. The number of pyridine rings is 1. The first kappa shape index (κ1) is 20.1. The number of thioether (sulfide) groups is 1. The predicted octanol–water partition coefficient (Wildman–Crippen LogP) is 4.06. The van der Waals surface area contributed by atoms with Crippen LogP contribution in [0.3, 0.4) is 0 Å². The van der Waals surface area contributed by atoms with Gasteiger partial charge < -0.3 is 10.1 Å². The minimum atomic E-state index is -0.541. The number of hydrogen-bond donors (Lipinski definition) is 1. The molecule has 0 unspecified atom stereocenters. The van der Waals surface area contributed by atoms with Gasteiger partial charge >= 0.3 is 0 Å². The maximum absolute atomic E-state index is 12.4. The Bertz CT molecular complexity index is 1160. The summed E-state index contributed by atoms with van der Waals surface area (Å²) in [6, 6.07) is 13.6. The molecule has 3 aromatic rings. The zero-order valence-corrected chi connectivity index (χ0v) is 16.4. The minimum absolute atomic E-state index is 0.0130. The monoisotopic (exact) mass is 408 g/mol. The average Bonchev–Trinajstić information content (AvgIpc) is 2.71. The average molecular weight is 408 g/mol. The summed E-state index contributed by atoms with van der Waals surface area (Å²) in [5.41, 5.74) is 2.39. The third kappa shape index (κ3) is 4.62. The second-order valence-electron chi connectivity index (χ2n) is 6.13. The molecule has 9 heteroatoms. The van der Waals surface area contributed by atoms with Crippen LogP contribution < -0.4 is 10.1 Å². The number of carbonyl (C=O) groups excluding carboxylic acids is 1. The number of amides is 1. The van der Waals surface area contributed by atoms with Gasteiger partial charge in [-0.1, -0.05) is 23.9 Å². The number of nitriles is 1. The number of fused-ring (bicyclic) bond motifs is 1. The van der Waals surface area contributed by atoms with Gasteiger partial charge in [0.15, 0.2) is 0 Å². The summed E-state index contributed by atoms with van der Waals surface area (Å²) in [6.45, 7) is 1.96. The first-order valence-electron chi connectivity index (χ1n) is 8.48. The molecule has 1 heterocycles. The molecule has 0 saturated heterocycles. The van der Waals surface area contributed by atoms with Crippen molar-refractivity contribution in [1.29, 1.82) is 5.26 Å². The van der Waals surface area contributed by atoms with Gasteiger partial charge in [-0.3, -0.25) is 14.9 Å². The lowest BCUT2D eigenvalue weighted by molar-refractivity contribution is -0.384. The Labute approximate surface area is 170 Å². The molecular weight excluding hydrogens is 392 g/mol. The first-order valence-corrected chi connectivity index (χ1v) is 9.46. The van der Waals surface area contributed by atoms with E-state index in [9.17, 15) is 20.2 Å². The second-order valence-corrected chi connectivity index (χ2v) is 7.09. The lowest BCUT2D eigenvalue weighted by Gasteiger charge is -2.10. The molecule has 0 bridgehead atoms. The molecule has 0 aliphatic rings. The first-order chi connectivity index (χ1) is 13.9. The number of nitrogens with zero attached hydrogens (tertiary/aromatic N) is 3. The van der Waals surface area contributed by atoms with Crippen molar-refractivity contribution in [2.45, 2.75) is 11.9 Å². The number of carbonyl (C=O) groups is 1. The molecule has 0 atom stereocenters. The van der Waals surface area contributed by atoms with Gasteiger partial charge in [-0.25, -0.2) is 4.98 Å². The fourth-order valence-electron chi connectivity index (χ4n) is 2.67. The van der Waals surface area contributed by atoms with Crippen molar-refractivity contribution in [3.05, 3.63) is 63.7 Å². The van der Waals surface area contributed by atoms with E-state index in [0.717, 1.165) is 28.2 Å². The number of methoxy groups -OCH3 is 1. The summed E-state index contributed by atoms with van der Waals surface area (Å²) in [6.07, 6.45) is 0. The number of nitro groups is 1. The maximum Gasteiger partial charge on any atom is 0.273 e. The number of benzene rings is 2. The fraction of sp³-hybridized carbons (Fsp3) is 0.150. The number of nitrogens with one attached hydrogen (secondary N) is 1. The molecule has 2 aromatic carbocycles. The SMILES string of the molecule is COc1cc([N+](=O)[O-])ccc1NC(=O)CSc1nc2cc(C)ccc2cc1C#N. The Morgan fingerprint density at radius 2 is 2.10 bits per heavy atom. The van der Waals surface area contributed by atoms with Crippen LogP contribution in [-0.4, -0.2) is 28.7 Å². The Morgan fingerprint density at radius 1 is 1.31 bits per heavy atom. The van der Waals surface area contributed by atoms with Crippen LogP contribution in [-0.2, 0) is 4.79 Å². The van der Waals surface area contributed by atoms with Crippen LogP contribution in [0.4, 0.5) is 11.4 Å². The third-order valence-electron chi connectivity index (χ3n) is 4.07. The highest BCUT2D eigenvalue weighted by molar-refractivity contribution is 8.00. The van der Waals surface area contributed by atoms with E-state index in [2.05, 4.69) is 16.4 Å². The van der Waals surface area contributed by atoms with Crippen LogP contribution in [0.25, 0.3) is 10.9 Å². The number of non-ortho nitro benzene ring substituents is 1. The lowest BCUT2D eigenvalue weighted by atomic mass is 10.1. The fourth-order valence-corrected chi connectivity index (χ4v) is 3.43. The molecule has 3 rings (SSSR count). The minimum Gasteiger partial charge on any atom is -0.494 e. The van der Waals surface area contributed by atoms with Gasteiger partial charge in [-0.15, -0.1) is 0 Å². The highest BCUT2D eigenvalue weighted by Gasteiger charge is 2.15. The molecule has 1 N–H and O–H groups in total. The normalized spacial score (nSPS) is 10.4. The lowest BCUT2D eigenvalue weighted by Crippen LogP contribution is -2.15. The summed E-state index contributed by atoms with van der Waals surface area (Å²) in [5.74, 6) is -0.147. The molecule has 8 nitrogen and oxygen atoms in total. The molecule has 0 radical (unpaired) electrons. The topological polar surface area (TPSA) is 118 Å². The van der Waals surface area contributed by atoms with E-state index >= 15 is 0 Å². The molecule has 0 fully saturated rings. The van der Waals surface area contributed by atoms with Gasteiger partial charge in [0.2, 0.25) is 5.91 Å². The number of rotatable bonds is 6. The van der Waals surface area contributed by atoms with Crippen LogP contribution in [0.15, 0.2) is 47.5 Å². The molecule has 1 aromatic heterocycles. The molecule has 0 aliphatic heterocycles. The highest BCUT2D eigenvalue weighted by Crippen LogP contribution is 2.30. The molecule has 0 aliphatic carbocycles. The van der Waals surface area contributed by atoms with Gasteiger partial charge in [0.25, 0.3) is 5.69 Å². The van der Waals surface area contributed by atoms with Crippen molar-refractivity contribution in [1.82, 2.24) is 4.98 Å². The summed E-state index contributed by atoms with van der Waals surface area (Å²) in [5, 5.41) is 24.2. The molecule has 1 amide bonds. The van der Waals surface area contributed by atoms with Crippen molar-refractivity contribution < 1.29 is 14.5 Å². The third-order valence-corrected chi connectivity index (χ3v) is 5.06. The van der Waals surface area contributed by atoms with E-state index in [-0.39, 0.29) is 23.1 Å². The highest BCUT2D eigenvalue weighted by atomic mass is 32.2. The quantitative estimate of drug-likeness (QED) is 0.371. The van der Waals surface area contributed by atoms with Gasteiger partial charge in [0, 0.05) is 11.5 Å². The maximum atomic E-state index is 12.4. The van der Waals surface area contributed by atoms with Gasteiger partial charge in [-0.2, -0.15) is 5.26 Å². The number of aromatic nitrogens is 1. The second kappa shape index (κ2) is 8.58. The van der Waals surface area contributed by atoms with Crippen LogP contribution in [0.2, 0.25) is 0 Å². The number of anilines is 1. The summed E-state index contributed by atoms with van der Waals surface area (Å²) in [7, 11) is 1.36. The number of hydrogen-bond acceptors (Lipinski definition) is 7. The van der Waals surface area contributed by atoms with E-state index < -0.39 is 4.92 Å². The molecular formula is C20H16N4O4S. The number of ether oxygens (including phenoxy) is 1. The van der Waals surface area contributed by atoms with Crippen LogP contribution in [0.1, 0.15) is 11.1 Å². The number of aryl methyl sites for hydroxylation is 1. The van der Waals surface area contributed by atoms with Crippen molar-refractivity contribution in [2.75, 3.05) is 18.2 Å². The summed E-state index contributed by atoms with van der Waals surface area (Å²) >= 11 is 1.15. The summed E-state index contributed by atoms with van der Waals surface area (Å²) < 4.78 is 5.11. The Hall–Kier alpha value is -3.64. The van der Waals surface area contributed by atoms with Gasteiger partial charge in [0.1, 0.15) is 16.8 Å². The zero-order chi connectivity index (χ0) is 21.0. The van der Waals surface area contributed by atoms with Crippen LogP contribution in [0, 0.1) is 28.4 Å². The van der Waals surface area contributed by atoms with Gasteiger partial charge in [0.05, 0.1) is 40.6 Å². The molecule has 0 saturated carbocycles. The predicted molar refractivity (Wildman–Crippen MR) is 110 cm³/mol. The van der Waals surface area contributed by atoms with E-state index in [1.165, 1.54) is 25.3 Å². The standard InChI is InChI=1S/C20H16N4O4S/c1-12-3-4-13-8-14(10-21)20(23-17(13)7-12)29-11-19(25)22-16-6-5-15(24(26)27)9-18(16)28-2/h3-9H,11H2,1-2H3,(H,22,25). The largest absolute Gasteiger partial charge is 0.494 e. The van der Waals surface area contributed by atoms with Crippen LogP contribution >= 0.6 is 11.8 Å². The van der Waals surface area contributed by atoms with Crippen molar-refractivity contribution >= 4 is 39.9 Å². The van der Waals surface area contributed by atoms with E-state index in [1.807, 2.05) is 25.1 Å². The van der Waals surface area contributed by atoms with E-state index in [4.69, 9.17) is 4.74 Å². The van der Waals surface area contributed by atoms with Crippen LogP contribution in [0.5, 0.6) is 5.75 Å².